The molecule has 0 bridgehead atoms. The number of hydrogen-bond donors (Lipinski definition) is 1. The molecule has 0 radical (unpaired) electrons. The molecule has 1 aromatic heterocycles. The summed E-state index contributed by atoms with van der Waals surface area (Å²) in [6, 6.07) is 3.55. The van der Waals surface area contributed by atoms with Crippen LogP contribution < -0.4 is 4.31 Å². The number of hydrogen-bond acceptors (Lipinski definition) is 3. The van der Waals surface area contributed by atoms with Crippen LogP contribution in [0.5, 0.6) is 0 Å². The summed E-state index contributed by atoms with van der Waals surface area (Å²) in [6.07, 6.45) is 6.44. The van der Waals surface area contributed by atoms with E-state index in [1.54, 1.807) is 24.1 Å². The van der Waals surface area contributed by atoms with E-state index in [1.807, 2.05) is 16.8 Å². The lowest BCUT2D eigenvalue weighted by Crippen LogP contribution is -2.07. The van der Waals surface area contributed by atoms with Crippen molar-refractivity contribution in [2.24, 2.45) is 0 Å². The summed E-state index contributed by atoms with van der Waals surface area (Å²) in [4.78, 5) is 11.4. The van der Waals surface area contributed by atoms with Gasteiger partial charge in [0.25, 0.3) is 0 Å². The van der Waals surface area contributed by atoms with E-state index in [-0.39, 0.29) is 0 Å². The van der Waals surface area contributed by atoms with E-state index in [2.05, 4.69) is 23.8 Å². The Morgan fingerprint density at radius 3 is 2.90 bits per heavy atom. The molecule has 1 N–H and O–H groups in total. The van der Waals surface area contributed by atoms with E-state index in [9.17, 15) is 9.90 Å². The van der Waals surface area contributed by atoms with E-state index in [0.717, 1.165) is 41.5 Å². The van der Waals surface area contributed by atoms with Gasteiger partial charge in [0, 0.05) is 30.7 Å². The minimum atomic E-state index is -0.881. The summed E-state index contributed by atoms with van der Waals surface area (Å²) in [7, 11) is 1.97. The van der Waals surface area contributed by atoms with Crippen molar-refractivity contribution in [2.45, 2.75) is 26.3 Å². The molecule has 0 saturated heterocycles. The van der Waals surface area contributed by atoms with Crippen LogP contribution in [0.4, 0.5) is 5.69 Å². The standard InChI is InChI=1S/C16H18N2O2S/c1-3-4-6-18-10-11-5-7-21-17(2)13-8-12(16(19)20)9-14(18)15(11)13/h5,7-10H,3-4,6H2,1-2H3,(H,19,20). The topological polar surface area (TPSA) is 45.5 Å². The Kier molecular flexibility index (Phi) is 3.68. The maximum Gasteiger partial charge on any atom is 0.335 e. The second kappa shape index (κ2) is 5.48. The molecule has 3 rings (SSSR count). The molecule has 0 fully saturated rings. The molecule has 4 nitrogen and oxygen atoms in total. The molecule has 1 aromatic carbocycles. The summed E-state index contributed by atoms with van der Waals surface area (Å²) in [5, 5.41) is 12.5. The van der Waals surface area contributed by atoms with Crippen LogP contribution in [0.1, 0.15) is 35.7 Å². The van der Waals surface area contributed by atoms with Crippen LogP contribution in [0.25, 0.3) is 17.0 Å². The lowest BCUT2D eigenvalue weighted by molar-refractivity contribution is 0.0697. The Balaban J connectivity index is 2.28. The van der Waals surface area contributed by atoms with Crippen molar-refractivity contribution in [1.29, 1.82) is 0 Å². The van der Waals surface area contributed by atoms with Crippen molar-refractivity contribution in [2.75, 3.05) is 11.4 Å². The van der Waals surface area contributed by atoms with E-state index >= 15 is 0 Å². The van der Waals surface area contributed by atoms with Gasteiger partial charge < -0.3 is 14.0 Å². The van der Waals surface area contributed by atoms with Gasteiger partial charge in [-0.15, -0.1) is 0 Å². The van der Waals surface area contributed by atoms with E-state index in [0.29, 0.717) is 5.56 Å². The van der Waals surface area contributed by atoms with Crippen molar-refractivity contribution in [3.8, 4) is 0 Å². The first-order chi connectivity index (χ1) is 10.1. The number of anilines is 1. The fourth-order valence-electron chi connectivity index (χ4n) is 2.70. The molecule has 2 aromatic rings. The predicted octanol–water partition coefficient (Wildman–Crippen LogP) is 4.21. The second-order valence-electron chi connectivity index (χ2n) is 5.23. The lowest BCUT2D eigenvalue weighted by Gasteiger charge is -2.17. The zero-order valence-electron chi connectivity index (χ0n) is 12.2. The number of carboxylic acids is 1. The molecule has 5 heteroatoms. The maximum absolute atomic E-state index is 11.4. The minimum Gasteiger partial charge on any atom is -0.478 e. The summed E-state index contributed by atoms with van der Waals surface area (Å²) >= 11 is 1.57. The van der Waals surface area contributed by atoms with Gasteiger partial charge in [0.2, 0.25) is 0 Å². The van der Waals surface area contributed by atoms with Crippen LogP contribution in [0.3, 0.4) is 0 Å². The van der Waals surface area contributed by atoms with Gasteiger partial charge in [-0.3, -0.25) is 0 Å². The third kappa shape index (κ3) is 2.42. The maximum atomic E-state index is 11.4. The van der Waals surface area contributed by atoms with Gasteiger partial charge >= 0.3 is 5.97 Å². The molecule has 1 aliphatic rings. The Bertz CT molecular complexity index is 733. The number of aromatic carboxylic acids is 1. The van der Waals surface area contributed by atoms with Crippen LogP contribution >= 0.6 is 11.9 Å². The highest BCUT2D eigenvalue weighted by Gasteiger charge is 2.19. The summed E-state index contributed by atoms with van der Waals surface area (Å²) in [5.74, 6) is -0.881. The van der Waals surface area contributed by atoms with Crippen molar-refractivity contribution in [1.82, 2.24) is 4.57 Å². The molecule has 0 atom stereocenters. The number of carbonyl (C=O) groups is 1. The zero-order chi connectivity index (χ0) is 15.0. The average Bonchev–Trinajstić information content (AvgIpc) is 2.73. The highest BCUT2D eigenvalue weighted by atomic mass is 32.2. The second-order valence-corrected chi connectivity index (χ2v) is 6.26. The third-order valence-corrected chi connectivity index (χ3v) is 4.57. The van der Waals surface area contributed by atoms with Crippen LogP contribution in [0.15, 0.2) is 23.7 Å². The van der Waals surface area contributed by atoms with Crippen molar-refractivity contribution in [3.63, 3.8) is 0 Å². The van der Waals surface area contributed by atoms with Gasteiger partial charge in [0.15, 0.2) is 0 Å². The van der Waals surface area contributed by atoms with Crippen LogP contribution in [-0.4, -0.2) is 22.7 Å². The number of rotatable bonds is 4. The molecule has 0 spiro atoms. The first kappa shape index (κ1) is 14.1. The monoisotopic (exact) mass is 302 g/mol. The minimum absolute atomic E-state index is 0.342. The van der Waals surface area contributed by atoms with Crippen LogP contribution in [0, 0.1) is 0 Å². The van der Waals surface area contributed by atoms with E-state index < -0.39 is 5.97 Å². The first-order valence-electron chi connectivity index (χ1n) is 7.09. The molecule has 1 aliphatic heterocycles. The van der Waals surface area contributed by atoms with Gasteiger partial charge in [-0.25, -0.2) is 4.79 Å². The molecule has 0 unspecified atom stereocenters. The lowest BCUT2D eigenvalue weighted by atomic mass is 10.1. The van der Waals surface area contributed by atoms with Crippen LogP contribution in [-0.2, 0) is 6.54 Å². The molecular weight excluding hydrogens is 284 g/mol. The van der Waals surface area contributed by atoms with Gasteiger partial charge in [-0.2, -0.15) is 0 Å². The number of aromatic nitrogens is 1. The summed E-state index contributed by atoms with van der Waals surface area (Å²) in [5.41, 5.74) is 3.47. The molecule has 0 saturated carbocycles. The van der Waals surface area contributed by atoms with E-state index in [4.69, 9.17) is 0 Å². The Labute approximate surface area is 128 Å². The number of aryl methyl sites for hydroxylation is 1. The molecular formula is C16H18N2O2S. The highest BCUT2D eigenvalue weighted by molar-refractivity contribution is 8.03. The SMILES string of the molecule is CCCCn1cc2c3c(cc(C(=O)O)cc31)N(C)SC=C2. The first-order valence-corrected chi connectivity index (χ1v) is 7.92. The van der Waals surface area contributed by atoms with Crippen molar-refractivity contribution >= 4 is 40.6 Å². The average molecular weight is 302 g/mol. The van der Waals surface area contributed by atoms with Gasteiger partial charge in [-0.1, -0.05) is 13.3 Å². The number of carboxylic acid groups (broad SMARTS) is 1. The summed E-state index contributed by atoms with van der Waals surface area (Å²) in [6.45, 7) is 3.08. The predicted molar refractivity (Wildman–Crippen MR) is 88.8 cm³/mol. The molecule has 110 valence electrons. The quantitative estimate of drug-likeness (QED) is 0.859. The highest BCUT2D eigenvalue weighted by Crippen LogP contribution is 2.38. The Morgan fingerprint density at radius 2 is 2.19 bits per heavy atom. The smallest absolute Gasteiger partial charge is 0.335 e. The third-order valence-electron chi connectivity index (χ3n) is 3.80. The van der Waals surface area contributed by atoms with E-state index in [1.165, 1.54) is 0 Å². The van der Waals surface area contributed by atoms with Gasteiger partial charge in [0.1, 0.15) is 0 Å². The van der Waals surface area contributed by atoms with Crippen molar-refractivity contribution < 1.29 is 9.90 Å². The largest absolute Gasteiger partial charge is 0.478 e. The Morgan fingerprint density at radius 1 is 1.38 bits per heavy atom. The molecule has 0 amide bonds. The molecule has 21 heavy (non-hydrogen) atoms. The fraction of sp³-hybridized carbons (Fsp3) is 0.312. The van der Waals surface area contributed by atoms with Gasteiger partial charge in [0.05, 0.1) is 16.8 Å². The number of unbranched alkanes of at least 4 members (excludes halogenated alkanes) is 1. The van der Waals surface area contributed by atoms with Gasteiger partial charge in [-0.05, 0) is 42.0 Å². The molecule has 0 aliphatic carbocycles. The van der Waals surface area contributed by atoms with Crippen LogP contribution in [0.2, 0.25) is 0 Å². The zero-order valence-corrected chi connectivity index (χ0v) is 13.0. The fourth-order valence-corrected chi connectivity index (χ4v) is 3.35. The number of benzene rings is 1. The Hall–Kier alpha value is -1.88. The molecule has 2 heterocycles. The number of nitrogens with zero attached hydrogens (tertiary/aromatic N) is 2. The van der Waals surface area contributed by atoms with Crippen molar-refractivity contribution in [3.05, 3.63) is 34.9 Å². The summed E-state index contributed by atoms with van der Waals surface area (Å²) < 4.78 is 4.20. The normalized spacial score (nSPS) is 13.7.